The zero-order chi connectivity index (χ0) is 7.11. The molecule has 0 unspecified atom stereocenters. The fourth-order valence-electron chi connectivity index (χ4n) is 0.279. The molecule has 2 heteroatoms. The molecule has 0 radical (unpaired) electrons. The predicted octanol–water partition coefficient (Wildman–Crippen LogP) is 3.09. The Bertz CT molecular complexity index is 134. The van der Waals surface area contributed by atoms with E-state index in [1.807, 2.05) is 0 Å². The molecule has 0 N–H and O–H groups in total. The summed E-state index contributed by atoms with van der Waals surface area (Å²) < 4.78 is 0. The van der Waals surface area contributed by atoms with Gasteiger partial charge in [-0.15, -0.1) is 11.6 Å². The van der Waals surface area contributed by atoms with Gasteiger partial charge in [-0.3, -0.25) is 0 Å². The fraction of sp³-hybridized carbons (Fsp3) is 0.143. The lowest BCUT2D eigenvalue weighted by Gasteiger charge is -1.79. The minimum Gasteiger partial charge on any atom is -0.122 e. The van der Waals surface area contributed by atoms with Crippen LogP contribution in [0.3, 0.4) is 0 Å². The van der Waals surface area contributed by atoms with Gasteiger partial charge in [0, 0.05) is 10.9 Å². The third-order valence-electron chi connectivity index (χ3n) is 0.676. The summed E-state index contributed by atoms with van der Waals surface area (Å²) in [5, 5.41) is 0.622. The molecule has 0 aromatic carbocycles. The molecule has 0 heterocycles. The maximum Gasteiger partial charge on any atom is 0.0407 e. The minimum atomic E-state index is 0.512. The highest BCUT2D eigenvalue weighted by atomic mass is 35.5. The molecule has 0 amide bonds. The minimum absolute atomic E-state index is 0.512. The van der Waals surface area contributed by atoms with Crippen LogP contribution in [0.4, 0.5) is 0 Å². The van der Waals surface area contributed by atoms with Crippen molar-refractivity contribution in [2.75, 3.05) is 5.88 Å². The van der Waals surface area contributed by atoms with Gasteiger partial charge >= 0.3 is 0 Å². The fourth-order valence-corrected chi connectivity index (χ4v) is 0.455. The number of halogens is 2. The standard InChI is InChI=1S/C7H8Cl2/c1-2-7(9)5-3-4-6-8/h2-5H,1,6H2/b4-3-,7-5+. The van der Waals surface area contributed by atoms with Crippen LogP contribution in [0.5, 0.6) is 0 Å². The van der Waals surface area contributed by atoms with Crippen LogP contribution < -0.4 is 0 Å². The van der Waals surface area contributed by atoms with E-state index in [1.165, 1.54) is 0 Å². The van der Waals surface area contributed by atoms with Crippen molar-refractivity contribution in [3.63, 3.8) is 0 Å². The van der Waals surface area contributed by atoms with E-state index in [0.717, 1.165) is 0 Å². The monoisotopic (exact) mass is 162 g/mol. The van der Waals surface area contributed by atoms with Gasteiger partial charge < -0.3 is 0 Å². The molecule has 0 spiro atoms. The van der Waals surface area contributed by atoms with Crippen molar-refractivity contribution in [2.45, 2.75) is 0 Å². The first-order valence-corrected chi connectivity index (χ1v) is 3.43. The summed E-state index contributed by atoms with van der Waals surface area (Å²) in [7, 11) is 0. The van der Waals surface area contributed by atoms with Gasteiger partial charge in [-0.1, -0.05) is 36.4 Å². The first-order valence-electron chi connectivity index (χ1n) is 2.52. The van der Waals surface area contributed by atoms with E-state index in [0.29, 0.717) is 10.9 Å². The van der Waals surface area contributed by atoms with Gasteiger partial charge in [0.15, 0.2) is 0 Å². The van der Waals surface area contributed by atoms with E-state index >= 15 is 0 Å². The van der Waals surface area contributed by atoms with Crippen molar-refractivity contribution in [1.82, 2.24) is 0 Å². The molecule has 9 heavy (non-hydrogen) atoms. The molecule has 0 fully saturated rings. The van der Waals surface area contributed by atoms with Crippen molar-refractivity contribution < 1.29 is 0 Å². The highest BCUT2D eigenvalue weighted by Gasteiger charge is 1.75. The van der Waals surface area contributed by atoms with Crippen LogP contribution >= 0.6 is 23.2 Å². The van der Waals surface area contributed by atoms with Gasteiger partial charge in [0.25, 0.3) is 0 Å². The number of hydrogen-bond donors (Lipinski definition) is 0. The number of hydrogen-bond acceptors (Lipinski definition) is 0. The van der Waals surface area contributed by atoms with E-state index in [4.69, 9.17) is 23.2 Å². The average molecular weight is 163 g/mol. The molecular weight excluding hydrogens is 155 g/mol. The summed E-state index contributed by atoms with van der Waals surface area (Å²) in [5.41, 5.74) is 0. The van der Waals surface area contributed by atoms with Gasteiger partial charge in [0.2, 0.25) is 0 Å². The zero-order valence-electron chi connectivity index (χ0n) is 4.98. The van der Waals surface area contributed by atoms with Crippen molar-refractivity contribution in [1.29, 1.82) is 0 Å². The molecule has 0 saturated carbocycles. The Balaban J connectivity index is 3.68. The van der Waals surface area contributed by atoms with Gasteiger partial charge in [0.05, 0.1) is 0 Å². The molecule has 0 aromatic heterocycles. The Kier molecular flexibility index (Phi) is 5.80. The molecule has 0 aliphatic rings. The third kappa shape index (κ3) is 5.67. The molecule has 0 aromatic rings. The summed E-state index contributed by atoms with van der Waals surface area (Å²) >= 11 is 10.9. The van der Waals surface area contributed by atoms with Crippen LogP contribution in [-0.4, -0.2) is 5.88 Å². The zero-order valence-corrected chi connectivity index (χ0v) is 6.49. The predicted molar refractivity (Wildman–Crippen MR) is 44.0 cm³/mol. The Morgan fingerprint density at radius 3 is 2.67 bits per heavy atom. The smallest absolute Gasteiger partial charge is 0.0407 e. The van der Waals surface area contributed by atoms with E-state index in [-0.39, 0.29) is 0 Å². The topological polar surface area (TPSA) is 0 Å². The van der Waals surface area contributed by atoms with Crippen LogP contribution in [0.25, 0.3) is 0 Å². The van der Waals surface area contributed by atoms with Gasteiger partial charge in [-0.05, 0) is 6.08 Å². The summed E-state index contributed by atoms with van der Waals surface area (Å²) in [4.78, 5) is 0. The summed E-state index contributed by atoms with van der Waals surface area (Å²) in [6.07, 6.45) is 6.89. The summed E-state index contributed by atoms with van der Waals surface area (Å²) in [6.45, 7) is 3.47. The summed E-state index contributed by atoms with van der Waals surface area (Å²) in [6, 6.07) is 0. The lowest BCUT2D eigenvalue weighted by molar-refractivity contribution is 1.73. The largest absolute Gasteiger partial charge is 0.122 e. The van der Waals surface area contributed by atoms with Crippen LogP contribution in [0.2, 0.25) is 0 Å². The van der Waals surface area contributed by atoms with Crippen LogP contribution in [0.15, 0.2) is 35.9 Å². The number of alkyl halides is 1. The Morgan fingerprint density at radius 1 is 1.56 bits per heavy atom. The van der Waals surface area contributed by atoms with Gasteiger partial charge in [-0.2, -0.15) is 0 Å². The molecule has 0 aliphatic carbocycles. The average Bonchev–Trinajstić information content (AvgIpc) is 1.89. The normalized spacial score (nSPS) is 12.4. The second-order valence-corrected chi connectivity index (χ2v) is 2.08. The molecule has 0 atom stereocenters. The van der Waals surface area contributed by atoms with Crippen LogP contribution in [-0.2, 0) is 0 Å². The second-order valence-electron chi connectivity index (χ2n) is 1.34. The molecular formula is C7H8Cl2. The van der Waals surface area contributed by atoms with Crippen LogP contribution in [0.1, 0.15) is 0 Å². The highest BCUT2D eigenvalue weighted by Crippen LogP contribution is 2.00. The first kappa shape index (κ1) is 8.80. The summed E-state index contributed by atoms with van der Waals surface area (Å²) in [5.74, 6) is 0.512. The Morgan fingerprint density at radius 2 is 2.22 bits per heavy atom. The Labute approximate surface area is 65.5 Å². The molecule has 0 saturated heterocycles. The molecule has 0 nitrogen and oxygen atoms in total. The molecule has 0 aliphatic heterocycles. The third-order valence-corrected chi connectivity index (χ3v) is 1.13. The number of rotatable bonds is 3. The van der Waals surface area contributed by atoms with Crippen LogP contribution in [0, 0.1) is 0 Å². The SMILES string of the molecule is C=C/C(Cl)=C\C=C/CCl. The van der Waals surface area contributed by atoms with Crippen molar-refractivity contribution in [2.24, 2.45) is 0 Å². The van der Waals surface area contributed by atoms with E-state index < -0.39 is 0 Å². The van der Waals surface area contributed by atoms with E-state index in [2.05, 4.69) is 6.58 Å². The lowest BCUT2D eigenvalue weighted by Crippen LogP contribution is -1.60. The maximum absolute atomic E-state index is 5.55. The van der Waals surface area contributed by atoms with Crippen molar-refractivity contribution in [3.05, 3.63) is 35.9 Å². The first-order chi connectivity index (χ1) is 4.31. The number of allylic oxidation sites excluding steroid dienone is 5. The molecule has 50 valence electrons. The van der Waals surface area contributed by atoms with E-state index in [9.17, 15) is 0 Å². The Hall–Kier alpha value is -0.200. The van der Waals surface area contributed by atoms with E-state index in [1.54, 1.807) is 24.3 Å². The van der Waals surface area contributed by atoms with Crippen molar-refractivity contribution in [3.8, 4) is 0 Å². The lowest BCUT2D eigenvalue weighted by atomic mass is 10.4. The molecule has 0 rings (SSSR count). The second kappa shape index (κ2) is 5.93. The van der Waals surface area contributed by atoms with Gasteiger partial charge in [-0.25, -0.2) is 0 Å². The quantitative estimate of drug-likeness (QED) is 0.443. The maximum atomic E-state index is 5.55. The van der Waals surface area contributed by atoms with Crippen molar-refractivity contribution >= 4 is 23.2 Å². The molecule has 0 bridgehead atoms. The van der Waals surface area contributed by atoms with Gasteiger partial charge in [0.1, 0.15) is 0 Å². The highest BCUT2D eigenvalue weighted by molar-refractivity contribution is 6.31.